The second kappa shape index (κ2) is 9.88. The summed E-state index contributed by atoms with van der Waals surface area (Å²) in [7, 11) is -7.11. The molecular weight excluding hydrogens is 456 g/mol. The van der Waals surface area contributed by atoms with Gasteiger partial charge in [0.15, 0.2) is 21.3 Å². The Kier molecular flexibility index (Phi) is 7.42. The van der Waals surface area contributed by atoms with Crippen LogP contribution in [-0.2, 0) is 24.7 Å². The normalized spacial score (nSPS) is 14.9. The number of benzene rings is 2. The highest BCUT2D eigenvalue weighted by molar-refractivity contribution is 7.90. The van der Waals surface area contributed by atoms with Crippen LogP contribution in [0.1, 0.15) is 31.4 Å². The minimum absolute atomic E-state index is 0.0292. The fourth-order valence-corrected chi connectivity index (χ4v) is 4.77. The molecule has 0 saturated heterocycles. The third kappa shape index (κ3) is 6.21. The van der Waals surface area contributed by atoms with E-state index in [-0.39, 0.29) is 34.7 Å². The van der Waals surface area contributed by atoms with E-state index in [2.05, 4.69) is 10.0 Å². The zero-order chi connectivity index (χ0) is 23.4. The Morgan fingerprint density at radius 1 is 0.969 bits per heavy atom. The van der Waals surface area contributed by atoms with E-state index in [4.69, 9.17) is 9.47 Å². The van der Waals surface area contributed by atoms with Gasteiger partial charge in [-0.3, -0.25) is 4.79 Å². The maximum atomic E-state index is 12.6. The number of fused-ring (bicyclic) bond motifs is 1. The number of amides is 1. The van der Waals surface area contributed by atoms with Crippen LogP contribution < -0.4 is 19.5 Å². The average Bonchev–Trinajstić information content (AvgIpc) is 2.98. The lowest BCUT2D eigenvalue weighted by molar-refractivity contribution is -0.121. The van der Waals surface area contributed by atoms with Gasteiger partial charge in [0.05, 0.1) is 29.0 Å². The summed E-state index contributed by atoms with van der Waals surface area (Å²) >= 11 is 0. The predicted octanol–water partition coefficient (Wildman–Crippen LogP) is 1.80. The van der Waals surface area contributed by atoms with Crippen LogP contribution in [0, 0.1) is 0 Å². The Morgan fingerprint density at radius 3 is 2.25 bits per heavy atom. The molecule has 1 aliphatic rings. The van der Waals surface area contributed by atoms with Gasteiger partial charge < -0.3 is 14.8 Å². The quantitative estimate of drug-likeness (QED) is 0.587. The summed E-state index contributed by atoms with van der Waals surface area (Å²) in [6.45, 7) is 2.63. The van der Waals surface area contributed by atoms with Crippen LogP contribution in [0.4, 0.5) is 0 Å². The minimum Gasteiger partial charge on any atom is -0.490 e. The average molecular weight is 483 g/mol. The number of ether oxygens (including phenoxy) is 2. The molecule has 0 saturated carbocycles. The smallest absolute Gasteiger partial charge is 0.240 e. The summed E-state index contributed by atoms with van der Waals surface area (Å²) < 4.78 is 61.6. The van der Waals surface area contributed by atoms with Crippen LogP contribution in [0.25, 0.3) is 0 Å². The Bertz CT molecular complexity index is 1180. The van der Waals surface area contributed by atoms with Gasteiger partial charge in [0.2, 0.25) is 15.9 Å². The minimum atomic E-state index is -3.82. The number of hydrogen-bond donors (Lipinski definition) is 2. The van der Waals surface area contributed by atoms with Crippen molar-refractivity contribution >= 4 is 25.8 Å². The third-order valence-corrected chi connectivity index (χ3v) is 7.45. The molecule has 0 aromatic heterocycles. The van der Waals surface area contributed by atoms with E-state index in [0.717, 1.165) is 11.8 Å². The molecule has 3 rings (SSSR count). The van der Waals surface area contributed by atoms with Gasteiger partial charge in [-0.2, -0.15) is 0 Å². The second-order valence-corrected chi connectivity index (χ2v) is 11.2. The molecule has 0 fully saturated rings. The fraction of sp³-hybridized carbons (Fsp3) is 0.381. The standard InChI is InChI=1S/C21H26N2O7S2/c1-15(16-4-6-17(7-5-16)31(2,25)26)23-21(24)10-11-22-32(27,28)18-8-9-19-20(14-18)30-13-3-12-29-19/h4-9,14-15,22H,3,10-13H2,1-2H3,(H,23,24). The van der Waals surface area contributed by atoms with Crippen LogP contribution in [0.15, 0.2) is 52.3 Å². The number of nitrogens with one attached hydrogen (secondary N) is 2. The number of sulfone groups is 1. The van der Waals surface area contributed by atoms with Crippen LogP contribution in [0.2, 0.25) is 0 Å². The van der Waals surface area contributed by atoms with Gasteiger partial charge >= 0.3 is 0 Å². The highest BCUT2D eigenvalue weighted by Crippen LogP contribution is 2.31. The fourth-order valence-electron chi connectivity index (χ4n) is 3.09. The number of hydrogen-bond acceptors (Lipinski definition) is 7. The van der Waals surface area contributed by atoms with E-state index in [1.807, 2.05) is 0 Å². The van der Waals surface area contributed by atoms with Crippen LogP contribution in [-0.4, -0.2) is 48.8 Å². The molecule has 1 heterocycles. The Hall–Kier alpha value is -2.63. The van der Waals surface area contributed by atoms with Crippen molar-refractivity contribution in [2.45, 2.75) is 35.6 Å². The van der Waals surface area contributed by atoms with E-state index in [9.17, 15) is 21.6 Å². The summed E-state index contributed by atoms with van der Waals surface area (Å²) in [5, 5.41) is 2.77. The van der Waals surface area contributed by atoms with Crippen molar-refractivity contribution in [2.75, 3.05) is 26.0 Å². The highest BCUT2D eigenvalue weighted by Gasteiger charge is 2.19. The topological polar surface area (TPSA) is 128 Å². The summed E-state index contributed by atoms with van der Waals surface area (Å²) in [5.74, 6) is 0.532. The molecule has 0 bridgehead atoms. The maximum Gasteiger partial charge on any atom is 0.240 e. The third-order valence-electron chi connectivity index (χ3n) is 4.86. The molecule has 1 amide bonds. The first-order chi connectivity index (χ1) is 15.1. The number of rotatable bonds is 8. The van der Waals surface area contributed by atoms with Crippen molar-refractivity contribution in [3.63, 3.8) is 0 Å². The van der Waals surface area contributed by atoms with Crippen LogP contribution >= 0.6 is 0 Å². The van der Waals surface area contributed by atoms with Crippen molar-refractivity contribution in [3.05, 3.63) is 48.0 Å². The van der Waals surface area contributed by atoms with Gasteiger partial charge in [0.25, 0.3) is 0 Å². The molecule has 2 N–H and O–H groups in total. The molecule has 174 valence electrons. The maximum absolute atomic E-state index is 12.6. The molecule has 9 nitrogen and oxygen atoms in total. The molecule has 1 unspecified atom stereocenters. The van der Waals surface area contributed by atoms with Crippen molar-refractivity contribution in [1.82, 2.24) is 10.0 Å². The lowest BCUT2D eigenvalue weighted by Gasteiger charge is -2.15. The van der Waals surface area contributed by atoms with E-state index < -0.39 is 19.9 Å². The van der Waals surface area contributed by atoms with Gasteiger partial charge in [-0.1, -0.05) is 12.1 Å². The van der Waals surface area contributed by atoms with Crippen molar-refractivity contribution in [1.29, 1.82) is 0 Å². The lowest BCUT2D eigenvalue weighted by Crippen LogP contribution is -2.32. The summed E-state index contributed by atoms with van der Waals surface area (Å²) in [5.41, 5.74) is 0.735. The Labute approximate surface area is 188 Å². The van der Waals surface area contributed by atoms with Gasteiger partial charge in [0.1, 0.15) is 0 Å². The van der Waals surface area contributed by atoms with E-state index in [0.29, 0.717) is 31.1 Å². The number of carbonyl (C=O) groups excluding carboxylic acids is 1. The van der Waals surface area contributed by atoms with Gasteiger partial charge in [-0.25, -0.2) is 21.6 Å². The van der Waals surface area contributed by atoms with Crippen LogP contribution in [0.3, 0.4) is 0 Å². The first kappa shape index (κ1) is 24.0. The molecule has 0 radical (unpaired) electrons. The highest BCUT2D eigenvalue weighted by atomic mass is 32.2. The van der Waals surface area contributed by atoms with Gasteiger partial charge in [0, 0.05) is 31.7 Å². The van der Waals surface area contributed by atoms with E-state index in [1.54, 1.807) is 25.1 Å². The molecule has 2 aromatic carbocycles. The predicted molar refractivity (Wildman–Crippen MR) is 118 cm³/mol. The zero-order valence-electron chi connectivity index (χ0n) is 17.8. The molecule has 0 spiro atoms. The molecule has 32 heavy (non-hydrogen) atoms. The second-order valence-electron chi connectivity index (χ2n) is 7.44. The SMILES string of the molecule is CC(NC(=O)CCNS(=O)(=O)c1ccc2c(c1)OCCCO2)c1ccc(S(C)(=O)=O)cc1. The van der Waals surface area contributed by atoms with Crippen molar-refractivity contribution in [2.24, 2.45) is 0 Å². The molecule has 1 atom stereocenters. The monoisotopic (exact) mass is 482 g/mol. The van der Waals surface area contributed by atoms with Crippen LogP contribution in [0.5, 0.6) is 11.5 Å². The van der Waals surface area contributed by atoms with Gasteiger partial charge in [-0.15, -0.1) is 0 Å². The molecule has 1 aliphatic heterocycles. The summed E-state index contributed by atoms with van der Waals surface area (Å²) in [4.78, 5) is 12.5. The summed E-state index contributed by atoms with van der Waals surface area (Å²) in [6.07, 6.45) is 1.78. The van der Waals surface area contributed by atoms with Gasteiger partial charge in [-0.05, 0) is 36.8 Å². The Morgan fingerprint density at radius 2 is 1.59 bits per heavy atom. The lowest BCUT2D eigenvalue weighted by atomic mass is 10.1. The molecule has 2 aromatic rings. The number of carbonyl (C=O) groups is 1. The Balaban J connectivity index is 1.53. The number of sulfonamides is 1. The first-order valence-corrected chi connectivity index (χ1v) is 13.4. The zero-order valence-corrected chi connectivity index (χ0v) is 19.5. The van der Waals surface area contributed by atoms with E-state index >= 15 is 0 Å². The molecule has 11 heteroatoms. The van der Waals surface area contributed by atoms with Crippen molar-refractivity contribution in [3.8, 4) is 11.5 Å². The van der Waals surface area contributed by atoms with E-state index in [1.165, 1.54) is 24.3 Å². The molecule has 0 aliphatic carbocycles. The first-order valence-electron chi connectivity index (χ1n) is 10.0. The molecular formula is C21H26N2O7S2. The summed E-state index contributed by atoms with van der Waals surface area (Å²) in [6, 6.07) is 10.3. The largest absolute Gasteiger partial charge is 0.490 e. The van der Waals surface area contributed by atoms with Crippen molar-refractivity contribution < 1.29 is 31.1 Å².